The molecule has 0 bridgehead atoms. The fourth-order valence-corrected chi connectivity index (χ4v) is 2.15. The Morgan fingerprint density at radius 3 is 2.84 bits per heavy atom. The number of non-ortho nitro benzene ring substituents is 1. The van der Waals surface area contributed by atoms with E-state index in [0.717, 1.165) is 32.4 Å². The first-order chi connectivity index (χ1) is 9.19. The second-order valence-electron chi connectivity index (χ2n) is 4.52. The van der Waals surface area contributed by atoms with Crippen molar-refractivity contribution in [2.24, 2.45) is 5.84 Å². The van der Waals surface area contributed by atoms with Crippen molar-refractivity contribution >= 4 is 17.1 Å². The van der Waals surface area contributed by atoms with Crippen molar-refractivity contribution in [3.8, 4) is 0 Å². The van der Waals surface area contributed by atoms with Gasteiger partial charge in [-0.25, -0.2) is 0 Å². The van der Waals surface area contributed by atoms with E-state index < -0.39 is 4.92 Å². The minimum Gasteiger partial charge on any atom is -0.385 e. The van der Waals surface area contributed by atoms with Gasteiger partial charge in [-0.1, -0.05) is 0 Å². The molecule has 1 aliphatic heterocycles. The molecule has 1 fully saturated rings. The van der Waals surface area contributed by atoms with E-state index in [4.69, 9.17) is 10.6 Å². The largest absolute Gasteiger partial charge is 0.385 e. The smallest absolute Gasteiger partial charge is 0.273 e. The van der Waals surface area contributed by atoms with Crippen LogP contribution in [0.15, 0.2) is 18.2 Å². The molecule has 1 heterocycles. The van der Waals surface area contributed by atoms with Crippen molar-refractivity contribution in [3.63, 3.8) is 0 Å². The minimum absolute atomic E-state index is 0.00932. The first kappa shape index (κ1) is 13.6. The zero-order chi connectivity index (χ0) is 13.7. The van der Waals surface area contributed by atoms with Gasteiger partial charge in [0.1, 0.15) is 0 Å². The maximum atomic E-state index is 10.8. The molecule has 7 heteroatoms. The number of ether oxygens (including phenoxy) is 1. The summed E-state index contributed by atoms with van der Waals surface area (Å²) in [5.41, 5.74) is 3.62. The number of rotatable bonds is 6. The summed E-state index contributed by atoms with van der Waals surface area (Å²) < 4.78 is 5.52. The van der Waals surface area contributed by atoms with Crippen molar-refractivity contribution in [2.75, 3.05) is 23.9 Å². The summed E-state index contributed by atoms with van der Waals surface area (Å²) in [5.74, 6) is 5.30. The van der Waals surface area contributed by atoms with Gasteiger partial charge in [0.05, 0.1) is 16.7 Å². The van der Waals surface area contributed by atoms with Gasteiger partial charge >= 0.3 is 0 Å². The number of nitro benzene ring substituents is 1. The Hall–Kier alpha value is -1.86. The number of nitro groups is 1. The summed E-state index contributed by atoms with van der Waals surface area (Å²) >= 11 is 0. The van der Waals surface area contributed by atoms with Crippen LogP contribution in [0.25, 0.3) is 0 Å². The molecule has 0 amide bonds. The summed E-state index contributed by atoms with van der Waals surface area (Å²) in [6, 6.07) is 4.63. The number of hydrogen-bond donors (Lipinski definition) is 3. The number of hydrogen-bond acceptors (Lipinski definition) is 6. The Kier molecular flexibility index (Phi) is 4.53. The Bertz CT molecular complexity index is 447. The first-order valence-corrected chi connectivity index (χ1v) is 6.30. The van der Waals surface area contributed by atoms with Gasteiger partial charge in [-0.3, -0.25) is 16.0 Å². The molecule has 19 heavy (non-hydrogen) atoms. The lowest BCUT2D eigenvalue weighted by molar-refractivity contribution is -0.384. The second kappa shape index (κ2) is 6.35. The lowest BCUT2D eigenvalue weighted by atomic mass is 10.2. The normalized spacial score (nSPS) is 18.3. The second-order valence-corrected chi connectivity index (χ2v) is 4.52. The van der Waals surface area contributed by atoms with Gasteiger partial charge in [-0.15, -0.1) is 0 Å². The van der Waals surface area contributed by atoms with E-state index in [9.17, 15) is 10.1 Å². The highest BCUT2D eigenvalue weighted by Crippen LogP contribution is 2.24. The van der Waals surface area contributed by atoms with Crippen LogP contribution in [-0.4, -0.2) is 24.2 Å². The molecular formula is C12H18N4O3. The Morgan fingerprint density at radius 2 is 2.21 bits per heavy atom. The van der Waals surface area contributed by atoms with E-state index in [1.807, 2.05) is 0 Å². The third kappa shape index (κ3) is 3.80. The van der Waals surface area contributed by atoms with Crippen LogP contribution in [0, 0.1) is 10.1 Å². The molecule has 1 aromatic rings. The monoisotopic (exact) mass is 266 g/mol. The molecule has 1 saturated heterocycles. The number of nitrogen functional groups attached to an aromatic ring is 1. The molecule has 1 unspecified atom stereocenters. The van der Waals surface area contributed by atoms with Gasteiger partial charge in [0.2, 0.25) is 0 Å². The van der Waals surface area contributed by atoms with E-state index in [1.165, 1.54) is 12.1 Å². The molecule has 0 spiro atoms. The minimum atomic E-state index is -0.438. The summed E-state index contributed by atoms with van der Waals surface area (Å²) in [4.78, 5) is 10.4. The third-order valence-electron chi connectivity index (χ3n) is 3.11. The van der Waals surface area contributed by atoms with Gasteiger partial charge < -0.3 is 15.5 Å². The van der Waals surface area contributed by atoms with Crippen LogP contribution in [0.2, 0.25) is 0 Å². The van der Waals surface area contributed by atoms with Gasteiger partial charge in [-0.2, -0.15) is 0 Å². The average Bonchev–Trinajstić information content (AvgIpc) is 2.91. The Labute approximate surface area is 111 Å². The molecule has 0 aliphatic carbocycles. The van der Waals surface area contributed by atoms with Crippen molar-refractivity contribution < 1.29 is 9.66 Å². The maximum Gasteiger partial charge on any atom is 0.273 e. The number of hydrazine groups is 1. The van der Waals surface area contributed by atoms with E-state index in [0.29, 0.717) is 17.5 Å². The molecule has 1 atom stereocenters. The molecule has 4 N–H and O–H groups in total. The molecule has 7 nitrogen and oxygen atoms in total. The van der Waals surface area contributed by atoms with Gasteiger partial charge in [0.25, 0.3) is 5.69 Å². The van der Waals surface area contributed by atoms with Crippen LogP contribution in [-0.2, 0) is 4.74 Å². The average molecular weight is 266 g/mol. The summed E-state index contributed by atoms with van der Waals surface area (Å²) in [6.07, 6.45) is 3.40. The number of benzene rings is 1. The number of nitrogens with one attached hydrogen (secondary N) is 2. The van der Waals surface area contributed by atoms with Crippen molar-refractivity contribution in [1.29, 1.82) is 0 Å². The lowest BCUT2D eigenvalue weighted by Gasteiger charge is -2.11. The lowest BCUT2D eigenvalue weighted by Crippen LogP contribution is -2.13. The highest BCUT2D eigenvalue weighted by molar-refractivity contribution is 5.63. The predicted octanol–water partition coefficient (Wildman–Crippen LogP) is 1.86. The fourth-order valence-electron chi connectivity index (χ4n) is 2.15. The summed E-state index contributed by atoms with van der Waals surface area (Å²) in [6.45, 7) is 1.55. The molecule has 0 radical (unpaired) electrons. The van der Waals surface area contributed by atoms with E-state index in [-0.39, 0.29) is 5.69 Å². The maximum absolute atomic E-state index is 10.8. The van der Waals surface area contributed by atoms with Crippen LogP contribution in [0.1, 0.15) is 19.3 Å². The predicted molar refractivity (Wildman–Crippen MR) is 73.0 cm³/mol. The summed E-state index contributed by atoms with van der Waals surface area (Å²) in [7, 11) is 0. The van der Waals surface area contributed by atoms with Crippen LogP contribution < -0.4 is 16.6 Å². The van der Waals surface area contributed by atoms with Crippen LogP contribution in [0.3, 0.4) is 0 Å². The van der Waals surface area contributed by atoms with Crippen molar-refractivity contribution in [3.05, 3.63) is 28.3 Å². The van der Waals surface area contributed by atoms with Gasteiger partial charge in [0.15, 0.2) is 0 Å². The molecule has 1 aliphatic rings. The standard InChI is InChI=1S/C12H18N4O3/c13-15-10-6-9(7-11(8-10)16(17)18)14-4-3-12-2-1-5-19-12/h6-8,12,14-15H,1-5,13H2. The number of nitrogens with zero attached hydrogens (tertiary/aromatic N) is 1. The highest BCUT2D eigenvalue weighted by atomic mass is 16.6. The molecule has 1 aromatic carbocycles. The van der Waals surface area contributed by atoms with Gasteiger partial charge in [0, 0.05) is 31.0 Å². The van der Waals surface area contributed by atoms with Crippen LogP contribution >= 0.6 is 0 Å². The highest BCUT2D eigenvalue weighted by Gasteiger charge is 2.15. The summed E-state index contributed by atoms with van der Waals surface area (Å²) in [5, 5.41) is 14.0. The topological polar surface area (TPSA) is 102 Å². The SMILES string of the molecule is NNc1cc(NCCC2CCCO2)cc([N+](=O)[O-])c1. The zero-order valence-corrected chi connectivity index (χ0v) is 10.6. The zero-order valence-electron chi connectivity index (χ0n) is 10.6. The van der Waals surface area contributed by atoms with Crippen LogP contribution in [0.5, 0.6) is 0 Å². The molecule has 2 rings (SSSR count). The Balaban J connectivity index is 1.94. The first-order valence-electron chi connectivity index (χ1n) is 6.30. The van der Waals surface area contributed by atoms with Crippen molar-refractivity contribution in [1.82, 2.24) is 0 Å². The van der Waals surface area contributed by atoms with Crippen LogP contribution in [0.4, 0.5) is 17.1 Å². The molecule has 104 valence electrons. The van der Waals surface area contributed by atoms with Crippen molar-refractivity contribution in [2.45, 2.75) is 25.4 Å². The van der Waals surface area contributed by atoms with E-state index >= 15 is 0 Å². The fraction of sp³-hybridized carbons (Fsp3) is 0.500. The van der Waals surface area contributed by atoms with E-state index in [2.05, 4.69) is 10.7 Å². The molecular weight excluding hydrogens is 248 g/mol. The number of nitrogens with two attached hydrogens (primary N) is 1. The quantitative estimate of drug-likeness (QED) is 0.412. The van der Waals surface area contributed by atoms with Gasteiger partial charge in [-0.05, 0) is 25.3 Å². The Morgan fingerprint density at radius 1 is 1.42 bits per heavy atom. The third-order valence-corrected chi connectivity index (χ3v) is 3.11. The molecule has 0 saturated carbocycles. The number of anilines is 2. The van der Waals surface area contributed by atoms with E-state index in [1.54, 1.807) is 6.07 Å². The molecule has 0 aromatic heterocycles.